The van der Waals surface area contributed by atoms with Crippen LogP contribution in [0.3, 0.4) is 0 Å². The lowest BCUT2D eigenvalue weighted by atomic mass is 9.97. The maximum atomic E-state index is 12.7. The molecule has 4 saturated heterocycles. The number of amides is 5. The SMILES string of the molecule is NC(=O)c1ncc(N[C@@H]2CCCN(C(=O)C3CC3)C2)nc1Nc1ccc(N2CCC(N3CCC(n4ncc5c(N6CCC(=O)NC6=O)cccc54)CC3)CC2)cc1. The molecule has 6 heterocycles. The van der Waals surface area contributed by atoms with Crippen LogP contribution in [0.1, 0.15) is 74.3 Å². The summed E-state index contributed by atoms with van der Waals surface area (Å²) in [6, 6.07) is 14.6. The fourth-order valence-corrected chi connectivity index (χ4v) is 9.07. The third-order valence-corrected chi connectivity index (χ3v) is 12.3. The second-order valence-electron chi connectivity index (χ2n) is 16.1. The van der Waals surface area contributed by atoms with E-state index in [9.17, 15) is 19.2 Å². The molecule has 5 amide bonds. The molecule has 16 nitrogen and oxygen atoms in total. The number of nitrogens with zero attached hydrogens (tertiary/aromatic N) is 8. The normalized spacial score (nSPS) is 21.5. The van der Waals surface area contributed by atoms with Gasteiger partial charge in [0.25, 0.3) is 5.91 Å². The van der Waals surface area contributed by atoms with Gasteiger partial charge in [0.05, 0.1) is 29.6 Å². The zero-order chi connectivity index (χ0) is 39.0. The van der Waals surface area contributed by atoms with Crippen molar-refractivity contribution in [1.29, 1.82) is 0 Å². The van der Waals surface area contributed by atoms with Crippen LogP contribution in [0.2, 0.25) is 0 Å². The van der Waals surface area contributed by atoms with Crippen molar-refractivity contribution in [2.75, 3.05) is 66.2 Å². The van der Waals surface area contributed by atoms with Gasteiger partial charge in [-0.1, -0.05) is 6.07 Å². The number of rotatable bonds is 10. The first kappa shape index (κ1) is 36.8. The number of likely N-dealkylation sites (tertiary alicyclic amines) is 2. The van der Waals surface area contributed by atoms with Crippen LogP contribution in [-0.4, -0.2) is 111 Å². The molecule has 1 saturated carbocycles. The van der Waals surface area contributed by atoms with Crippen LogP contribution in [0.5, 0.6) is 0 Å². The molecule has 5 N–H and O–H groups in total. The lowest BCUT2D eigenvalue weighted by Crippen LogP contribution is -2.49. The van der Waals surface area contributed by atoms with E-state index < -0.39 is 5.91 Å². The molecule has 1 atom stereocenters. The molecule has 16 heteroatoms. The third-order valence-electron chi connectivity index (χ3n) is 12.3. The highest BCUT2D eigenvalue weighted by Gasteiger charge is 2.36. The highest BCUT2D eigenvalue weighted by atomic mass is 16.2. The molecule has 4 aromatic rings. The minimum Gasteiger partial charge on any atom is -0.371 e. The van der Waals surface area contributed by atoms with E-state index >= 15 is 0 Å². The van der Waals surface area contributed by atoms with Crippen LogP contribution >= 0.6 is 0 Å². The Kier molecular flexibility index (Phi) is 10.1. The van der Waals surface area contributed by atoms with Crippen molar-refractivity contribution in [3.63, 3.8) is 0 Å². The molecule has 2 aromatic carbocycles. The quantitative estimate of drug-likeness (QED) is 0.181. The molecule has 298 valence electrons. The monoisotopic (exact) mass is 774 g/mol. The summed E-state index contributed by atoms with van der Waals surface area (Å²) >= 11 is 0. The fourth-order valence-electron chi connectivity index (χ4n) is 9.07. The van der Waals surface area contributed by atoms with Crippen LogP contribution in [-0.2, 0) is 9.59 Å². The number of carbonyl (C=O) groups excluding carboxylic acids is 4. The van der Waals surface area contributed by atoms with E-state index in [4.69, 9.17) is 15.8 Å². The Bertz CT molecular complexity index is 2150. The van der Waals surface area contributed by atoms with Gasteiger partial charge in [0.1, 0.15) is 5.82 Å². The van der Waals surface area contributed by atoms with Gasteiger partial charge in [-0.3, -0.25) is 29.3 Å². The highest BCUT2D eigenvalue weighted by molar-refractivity contribution is 6.09. The number of urea groups is 1. The van der Waals surface area contributed by atoms with E-state index in [1.54, 1.807) is 4.90 Å². The van der Waals surface area contributed by atoms with Gasteiger partial charge < -0.3 is 31.1 Å². The van der Waals surface area contributed by atoms with Crippen molar-refractivity contribution in [1.82, 2.24) is 34.9 Å². The Morgan fingerprint density at radius 1 is 0.842 bits per heavy atom. The molecule has 1 aliphatic carbocycles. The molecule has 0 spiro atoms. The zero-order valence-corrected chi connectivity index (χ0v) is 32.1. The number of hydrogen-bond donors (Lipinski definition) is 4. The first-order valence-electron chi connectivity index (χ1n) is 20.4. The number of benzene rings is 2. The van der Waals surface area contributed by atoms with Crippen LogP contribution in [0.4, 0.5) is 33.5 Å². The molecule has 4 aliphatic heterocycles. The third kappa shape index (κ3) is 7.82. The number of piperidine rings is 3. The molecule has 9 rings (SSSR count). The Balaban J connectivity index is 0.775. The van der Waals surface area contributed by atoms with Gasteiger partial charge in [0.15, 0.2) is 11.5 Å². The maximum absolute atomic E-state index is 12.7. The second kappa shape index (κ2) is 15.6. The first-order chi connectivity index (χ1) is 27.8. The van der Waals surface area contributed by atoms with Gasteiger partial charge in [0, 0.05) is 87.0 Å². The number of imide groups is 1. The van der Waals surface area contributed by atoms with Crippen molar-refractivity contribution in [2.45, 2.75) is 75.9 Å². The Hall–Kier alpha value is -5.77. The molecule has 0 bridgehead atoms. The van der Waals surface area contributed by atoms with Crippen LogP contribution < -0.4 is 31.5 Å². The lowest BCUT2D eigenvalue weighted by Gasteiger charge is -2.42. The smallest absolute Gasteiger partial charge is 0.328 e. The number of hydrogen-bond acceptors (Lipinski definition) is 11. The number of primary amides is 1. The molecule has 2 aromatic heterocycles. The van der Waals surface area contributed by atoms with Crippen molar-refractivity contribution >= 4 is 63.4 Å². The van der Waals surface area contributed by atoms with Crippen LogP contribution in [0.15, 0.2) is 54.9 Å². The van der Waals surface area contributed by atoms with Crippen LogP contribution in [0, 0.1) is 5.92 Å². The van der Waals surface area contributed by atoms with E-state index in [0.717, 1.165) is 112 Å². The van der Waals surface area contributed by atoms with Crippen LogP contribution in [0.25, 0.3) is 10.9 Å². The predicted molar refractivity (Wildman–Crippen MR) is 217 cm³/mol. The summed E-state index contributed by atoms with van der Waals surface area (Å²) in [7, 11) is 0. The van der Waals surface area contributed by atoms with Gasteiger partial charge in [-0.15, -0.1) is 0 Å². The van der Waals surface area contributed by atoms with E-state index in [1.807, 2.05) is 35.4 Å². The highest BCUT2D eigenvalue weighted by Crippen LogP contribution is 2.35. The molecular weight excluding hydrogens is 725 g/mol. The second-order valence-corrected chi connectivity index (χ2v) is 16.1. The Labute approximate surface area is 331 Å². The van der Waals surface area contributed by atoms with Gasteiger partial charge in [0.2, 0.25) is 11.8 Å². The Morgan fingerprint density at radius 3 is 2.35 bits per heavy atom. The van der Waals surface area contributed by atoms with E-state index in [-0.39, 0.29) is 48.0 Å². The number of carbonyl (C=O) groups is 4. The van der Waals surface area contributed by atoms with Crippen molar-refractivity contribution in [3.8, 4) is 0 Å². The minimum atomic E-state index is -0.659. The molecule has 5 aliphatic rings. The van der Waals surface area contributed by atoms with Crippen molar-refractivity contribution in [2.24, 2.45) is 11.7 Å². The van der Waals surface area contributed by atoms with Crippen molar-refractivity contribution < 1.29 is 19.2 Å². The lowest BCUT2D eigenvalue weighted by molar-refractivity contribution is -0.133. The van der Waals surface area contributed by atoms with E-state index in [0.29, 0.717) is 30.8 Å². The largest absolute Gasteiger partial charge is 0.371 e. The van der Waals surface area contributed by atoms with E-state index in [1.165, 1.54) is 6.20 Å². The Morgan fingerprint density at radius 2 is 1.61 bits per heavy atom. The van der Waals surface area contributed by atoms with Gasteiger partial charge >= 0.3 is 6.03 Å². The molecular formula is C41H50N12O4. The summed E-state index contributed by atoms with van der Waals surface area (Å²) in [6.07, 6.45) is 11.7. The fraction of sp³-hybridized carbons (Fsp3) is 0.488. The predicted octanol–water partition coefficient (Wildman–Crippen LogP) is 4.23. The maximum Gasteiger partial charge on any atom is 0.328 e. The average Bonchev–Trinajstić information content (AvgIpc) is 3.99. The number of nitrogens with one attached hydrogen (secondary N) is 3. The summed E-state index contributed by atoms with van der Waals surface area (Å²) in [4.78, 5) is 66.9. The van der Waals surface area contributed by atoms with Gasteiger partial charge in [-0.05, 0) is 87.8 Å². The standard InChI is InChI=1S/C41H50N12O4/c42-38(55)37-39(47-35(24-43-37)45-28-3-2-17-51(25-28)40(56)26-6-7-26)46-27-8-10-29(11-9-27)49-18-12-30(13-19-49)50-20-14-31(15-21-50)53-34-5-1-4-33(32(34)23-44-53)52-22-16-36(54)48-41(52)57/h1,4-5,8-11,23-24,26,28,30-31H,2-3,6-7,12-22,25H2,(H2,42,55)(H2,45,46,47)(H,48,54,57)/t28-/m1/s1. The van der Waals surface area contributed by atoms with E-state index in [2.05, 4.69) is 53.6 Å². The number of anilines is 5. The number of aromatic nitrogens is 4. The summed E-state index contributed by atoms with van der Waals surface area (Å²) < 4.78 is 2.13. The molecule has 0 radical (unpaired) electrons. The number of fused-ring (bicyclic) bond motifs is 1. The van der Waals surface area contributed by atoms with Gasteiger partial charge in [-0.2, -0.15) is 5.10 Å². The minimum absolute atomic E-state index is 0.0588. The summed E-state index contributed by atoms with van der Waals surface area (Å²) in [5, 5.41) is 14.8. The number of nitrogens with two attached hydrogens (primary N) is 1. The molecule has 57 heavy (non-hydrogen) atoms. The van der Waals surface area contributed by atoms with Gasteiger partial charge in [-0.25, -0.2) is 14.8 Å². The average molecular weight is 775 g/mol. The zero-order valence-electron chi connectivity index (χ0n) is 32.1. The first-order valence-corrected chi connectivity index (χ1v) is 20.4. The topological polar surface area (TPSA) is 187 Å². The molecule has 0 unspecified atom stereocenters. The molecule has 5 fully saturated rings. The summed E-state index contributed by atoms with van der Waals surface area (Å²) in [5.74, 6) is 0.384. The summed E-state index contributed by atoms with van der Waals surface area (Å²) in [5.41, 5.74) is 9.48. The van der Waals surface area contributed by atoms with Crippen molar-refractivity contribution in [3.05, 3.63) is 60.6 Å². The summed E-state index contributed by atoms with van der Waals surface area (Å²) in [6.45, 7) is 5.76.